The van der Waals surface area contributed by atoms with Gasteiger partial charge >= 0.3 is 0 Å². The Morgan fingerprint density at radius 1 is 1.03 bits per heavy atom. The summed E-state index contributed by atoms with van der Waals surface area (Å²) in [6.07, 6.45) is 1.46. The van der Waals surface area contributed by atoms with Gasteiger partial charge in [0.05, 0.1) is 35.3 Å². The quantitative estimate of drug-likeness (QED) is 0.366. The van der Waals surface area contributed by atoms with Gasteiger partial charge in [-0.3, -0.25) is 19.1 Å². The van der Waals surface area contributed by atoms with Crippen LogP contribution < -0.4 is 5.32 Å². The predicted octanol–water partition coefficient (Wildman–Crippen LogP) is 2.47. The first-order valence-electron chi connectivity index (χ1n) is 12.8. The van der Waals surface area contributed by atoms with E-state index in [4.69, 9.17) is 14.6 Å². The molecule has 2 aromatic carbocycles. The summed E-state index contributed by atoms with van der Waals surface area (Å²) in [6.45, 7) is 12.0. The summed E-state index contributed by atoms with van der Waals surface area (Å²) >= 11 is 0. The number of Topliss-reactive ketones (excluding diaryl/α,β-unsaturated/α-hetero) is 1. The monoisotopic (exact) mass is 560 g/mol. The largest absolute Gasteiger partial charge is 0.412 e. The highest BCUT2D eigenvalue weighted by Crippen LogP contribution is 2.22. The zero-order valence-corrected chi connectivity index (χ0v) is 23.7. The molecule has 0 aromatic heterocycles. The molecule has 0 spiro atoms. The third-order valence-electron chi connectivity index (χ3n) is 6.47. The van der Waals surface area contributed by atoms with Gasteiger partial charge < -0.3 is 15.5 Å². The lowest BCUT2D eigenvalue weighted by molar-refractivity contribution is -0.147. The highest BCUT2D eigenvalue weighted by Gasteiger charge is 2.36. The standard InChI is InChI=1S/C22H32N4O2.C6H6O3S.H2O/c1-22(2,3)21(27)16-26-14-19-12-25(13-20(15-26)28-19)10-4-9-24-18-7-5-17(11-23)6-8-18;7-10(8,9)6-4-2-1-3-5-6;/h5-8,19-20,24H,4,9-10,12-16H2,1-3H3;1-5H,(H,7,8,9);1H2. The number of anilines is 1. The average Bonchev–Trinajstić information content (AvgIpc) is 2.86. The molecule has 2 aliphatic heterocycles. The van der Waals surface area contributed by atoms with Crippen LogP contribution in [-0.2, 0) is 19.6 Å². The number of morpholine rings is 2. The smallest absolute Gasteiger partial charge is 0.294 e. The minimum absolute atomic E-state index is 0. The molecule has 11 heteroatoms. The fourth-order valence-corrected chi connectivity index (χ4v) is 4.90. The minimum atomic E-state index is -4.00. The summed E-state index contributed by atoms with van der Waals surface area (Å²) in [5, 5.41) is 12.3. The van der Waals surface area contributed by atoms with Crippen LogP contribution in [-0.4, -0.2) is 92.1 Å². The Kier molecular flexibility index (Phi) is 12.0. The van der Waals surface area contributed by atoms with Crippen molar-refractivity contribution in [3.05, 3.63) is 60.2 Å². The van der Waals surface area contributed by atoms with Gasteiger partial charge in [0.2, 0.25) is 0 Å². The summed E-state index contributed by atoms with van der Waals surface area (Å²) < 4.78 is 35.3. The highest BCUT2D eigenvalue weighted by atomic mass is 32.2. The van der Waals surface area contributed by atoms with E-state index in [-0.39, 0.29) is 28.0 Å². The number of carbonyl (C=O) groups is 1. The molecule has 4 rings (SSSR count). The molecule has 2 saturated heterocycles. The van der Waals surface area contributed by atoms with Crippen LogP contribution in [0, 0.1) is 16.7 Å². The first-order valence-corrected chi connectivity index (χ1v) is 14.3. The van der Waals surface area contributed by atoms with E-state index in [2.05, 4.69) is 21.2 Å². The first kappa shape index (κ1) is 32.4. The average molecular weight is 561 g/mol. The number of carbonyl (C=O) groups excluding carboxylic acids is 1. The molecule has 214 valence electrons. The lowest BCUT2D eigenvalue weighted by Crippen LogP contribution is -2.60. The van der Waals surface area contributed by atoms with Gasteiger partial charge in [-0.2, -0.15) is 13.7 Å². The second kappa shape index (κ2) is 14.5. The molecule has 2 heterocycles. The molecule has 0 amide bonds. The van der Waals surface area contributed by atoms with E-state index < -0.39 is 10.1 Å². The number of rotatable bonds is 8. The Labute approximate surface area is 231 Å². The molecule has 2 aliphatic rings. The maximum Gasteiger partial charge on any atom is 0.294 e. The van der Waals surface area contributed by atoms with E-state index in [0.717, 1.165) is 51.4 Å². The number of ketones is 1. The molecule has 0 radical (unpaired) electrons. The van der Waals surface area contributed by atoms with Crippen molar-refractivity contribution in [2.75, 3.05) is 51.1 Å². The normalized spacial score (nSPS) is 19.6. The zero-order valence-electron chi connectivity index (χ0n) is 22.8. The van der Waals surface area contributed by atoms with E-state index >= 15 is 0 Å². The molecule has 2 bridgehead atoms. The molecule has 2 aromatic rings. The Morgan fingerprint density at radius 2 is 1.59 bits per heavy atom. The van der Waals surface area contributed by atoms with Crippen LogP contribution in [0.4, 0.5) is 5.69 Å². The van der Waals surface area contributed by atoms with Crippen molar-refractivity contribution < 1.29 is 28.0 Å². The molecule has 10 nitrogen and oxygen atoms in total. The van der Waals surface area contributed by atoms with Gasteiger partial charge in [0, 0.05) is 50.4 Å². The number of hydrogen-bond acceptors (Lipinski definition) is 8. The summed E-state index contributed by atoms with van der Waals surface area (Å²) in [7, 11) is -4.00. The fraction of sp³-hybridized carbons (Fsp3) is 0.500. The van der Waals surface area contributed by atoms with Crippen LogP contribution in [0.3, 0.4) is 0 Å². The minimum Gasteiger partial charge on any atom is -0.412 e. The first-order chi connectivity index (χ1) is 17.9. The molecule has 39 heavy (non-hydrogen) atoms. The van der Waals surface area contributed by atoms with E-state index in [1.54, 1.807) is 18.2 Å². The van der Waals surface area contributed by atoms with E-state index in [9.17, 15) is 13.2 Å². The highest BCUT2D eigenvalue weighted by molar-refractivity contribution is 7.85. The Bertz CT molecular complexity index is 1180. The molecule has 4 N–H and O–H groups in total. The topological polar surface area (TPSA) is 154 Å². The maximum atomic E-state index is 12.3. The van der Waals surface area contributed by atoms with E-state index in [1.165, 1.54) is 12.1 Å². The van der Waals surface area contributed by atoms with Gasteiger partial charge in [-0.25, -0.2) is 0 Å². The molecule has 0 saturated carbocycles. The van der Waals surface area contributed by atoms with Crippen molar-refractivity contribution >= 4 is 21.6 Å². The lowest BCUT2D eigenvalue weighted by Gasteiger charge is -2.46. The second-order valence-corrected chi connectivity index (χ2v) is 12.2. The molecular formula is C28H40N4O6S. The molecule has 2 fully saturated rings. The van der Waals surface area contributed by atoms with Gasteiger partial charge in [-0.05, 0) is 42.8 Å². The lowest BCUT2D eigenvalue weighted by atomic mass is 9.90. The number of benzene rings is 2. The number of fused-ring (bicyclic) bond motifs is 2. The third-order valence-corrected chi connectivity index (χ3v) is 7.34. The van der Waals surface area contributed by atoms with Crippen LogP contribution in [0.1, 0.15) is 32.8 Å². The van der Waals surface area contributed by atoms with E-state index in [0.29, 0.717) is 17.9 Å². The predicted molar refractivity (Wildman–Crippen MR) is 150 cm³/mol. The van der Waals surface area contributed by atoms with Crippen LogP contribution in [0.5, 0.6) is 0 Å². The van der Waals surface area contributed by atoms with Gasteiger partial charge in [0.1, 0.15) is 0 Å². The fourth-order valence-electron chi connectivity index (χ4n) is 4.40. The van der Waals surface area contributed by atoms with Gasteiger partial charge in [-0.15, -0.1) is 0 Å². The van der Waals surface area contributed by atoms with Crippen molar-refractivity contribution in [1.82, 2.24) is 9.80 Å². The van der Waals surface area contributed by atoms with Gasteiger partial charge in [-0.1, -0.05) is 39.0 Å². The Hall–Kier alpha value is -2.85. The van der Waals surface area contributed by atoms with Crippen molar-refractivity contribution in [2.24, 2.45) is 5.41 Å². The van der Waals surface area contributed by atoms with E-state index in [1.807, 2.05) is 45.0 Å². The summed E-state index contributed by atoms with van der Waals surface area (Å²) in [6, 6.07) is 17.1. The van der Waals surface area contributed by atoms with Crippen LogP contribution in [0.15, 0.2) is 59.5 Å². The SMILES string of the molecule is CC(C)(C)C(=O)CN1CC2CN(CCCNc3ccc(C#N)cc3)CC(C1)O2.O.O=S(=O)(O)c1ccccc1. The van der Waals surface area contributed by atoms with Gasteiger partial charge in [0.15, 0.2) is 5.78 Å². The molecule has 0 aliphatic carbocycles. The van der Waals surface area contributed by atoms with Crippen molar-refractivity contribution in [3.8, 4) is 6.07 Å². The zero-order chi connectivity index (χ0) is 27.8. The third kappa shape index (κ3) is 10.7. The second-order valence-electron chi connectivity index (χ2n) is 10.8. The Morgan fingerprint density at radius 3 is 2.08 bits per heavy atom. The number of nitrogens with one attached hydrogen (secondary N) is 1. The van der Waals surface area contributed by atoms with Crippen LogP contribution >= 0.6 is 0 Å². The summed E-state index contributed by atoms with van der Waals surface area (Å²) in [5.41, 5.74) is 1.46. The maximum absolute atomic E-state index is 12.3. The molecule has 2 atom stereocenters. The van der Waals surface area contributed by atoms with Gasteiger partial charge in [0.25, 0.3) is 10.1 Å². The number of nitrogens with zero attached hydrogens (tertiary/aromatic N) is 3. The van der Waals surface area contributed by atoms with Crippen molar-refractivity contribution in [2.45, 2.75) is 44.3 Å². The van der Waals surface area contributed by atoms with Crippen LogP contribution in [0.2, 0.25) is 0 Å². The number of nitriles is 1. The Balaban J connectivity index is 0.000000410. The van der Waals surface area contributed by atoms with Crippen LogP contribution in [0.25, 0.3) is 0 Å². The van der Waals surface area contributed by atoms with Crippen molar-refractivity contribution in [1.29, 1.82) is 5.26 Å². The van der Waals surface area contributed by atoms with Crippen molar-refractivity contribution in [3.63, 3.8) is 0 Å². The summed E-state index contributed by atoms with van der Waals surface area (Å²) in [5.74, 6) is 0.304. The number of ether oxygens (including phenoxy) is 1. The number of hydrogen-bond donors (Lipinski definition) is 2. The molecular weight excluding hydrogens is 520 g/mol. The summed E-state index contributed by atoms with van der Waals surface area (Å²) in [4.78, 5) is 17.0. The molecule has 2 unspecified atom stereocenters.